The first-order valence-electron chi connectivity index (χ1n) is 10.9. The molecule has 0 atom stereocenters. The van der Waals surface area contributed by atoms with Crippen molar-refractivity contribution in [1.29, 1.82) is 0 Å². The van der Waals surface area contributed by atoms with Gasteiger partial charge in [-0.05, 0) is 88.5 Å². The molecule has 0 spiro atoms. The molecule has 0 saturated heterocycles. The Morgan fingerprint density at radius 1 is 0.733 bits per heavy atom. The minimum Gasteiger partial charge on any atom is -0.361 e. The number of hydrogen-bond acceptors (Lipinski definition) is 0. The Hall–Kier alpha value is -3.32. The van der Waals surface area contributed by atoms with E-state index in [1.54, 1.807) is 0 Å². The van der Waals surface area contributed by atoms with Crippen LogP contribution in [0.4, 0.5) is 0 Å². The first-order chi connectivity index (χ1) is 14.7. The summed E-state index contributed by atoms with van der Waals surface area (Å²) < 4.78 is 0. The molecule has 0 aliphatic heterocycles. The third kappa shape index (κ3) is 2.48. The molecular weight excluding hydrogens is 362 g/mol. The van der Waals surface area contributed by atoms with Crippen molar-refractivity contribution in [3.05, 3.63) is 107 Å². The van der Waals surface area contributed by atoms with Crippen molar-refractivity contribution in [1.82, 2.24) is 4.98 Å². The fourth-order valence-corrected chi connectivity index (χ4v) is 5.61. The van der Waals surface area contributed by atoms with E-state index >= 15 is 0 Å². The highest BCUT2D eigenvalue weighted by molar-refractivity contribution is 6.03. The first-order valence-corrected chi connectivity index (χ1v) is 10.9. The van der Waals surface area contributed by atoms with Crippen LogP contribution in [0, 0.1) is 13.8 Å². The predicted molar refractivity (Wildman–Crippen MR) is 127 cm³/mol. The Morgan fingerprint density at radius 2 is 1.43 bits per heavy atom. The van der Waals surface area contributed by atoms with E-state index in [9.17, 15) is 0 Å². The zero-order valence-corrected chi connectivity index (χ0v) is 17.5. The predicted octanol–water partition coefficient (Wildman–Crippen LogP) is 7.68. The van der Waals surface area contributed by atoms with Crippen LogP contribution in [0.15, 0.2) is 79.0 Å². The van der Waals surface area contributed by atoms with Gasteiger partial charge in [0.1, 0.15) is 0 Å². The third-order valence-corrected chi connectivity index (χ3v) is 7.08. The number of fused-ring (bicyclic) bond motifs is 5. The lowest BCUT2D eigenvalue weighted by Crippen LogP contribution is -2.00. The molecule has 30 heavy (non-hydrogen) atoms. The van der Waals surface area contributed by atoms with Gasteiger partial charge >= 0.3 is 0 Å². The molecule has 0 bridgehead atoms. The van der Waals surface area contributed by atoms with Gasteiger partial charge < -0.3 is 4.98 Å². The minimum absolute atomic E-state index is 0.481. The van der Waals surface area contributed by atoms with Crippen molar-refractivity contribution in [2.24, 2.45) is 0 Å². The normalized spacial score (nSPS) is 13.1. The second-order valence-corrected chi connectivity index (χ2v) is 8.67. The number of aryl methyl sites for hydroxylation is 3. The molecule has 0 radical (unpaired) electrons. The molecule has 0 unspecified atom stereocenters. The highest BCUT2D eigenvalue weighted by Gasteiger charge is 2.28. The van der Waals surface area contributed by atoms with Gasteiger partial charge in [-0.2, -0.15) is 0 Å². The molecule has 1 heteroatoms. The molecule has 1 N–H and O–H groups in total. The van der Waals surface area contributed by atoms with Crippen LogP contribution in [0.3, 0.4) is 0 Å². The van der Waals surface area contributed by atoms with Crippen molar-refractivity contribution in [3.8, 4) is 11.1 Å². The second-order valence-electron chi connectivity index (χ2n) is 8.67. The summed E-state index contributed by atoms with van der Waals surface area (Å²) in [5, 5.41) is 4.14. The lowest BCUT2D eigenvalue weighted by atomic mass is 9.89. The molecule has 0 amide bonds. The summed E-state index contributed by atoms with van der Waals surface area (Å²) in [6.07, 6.45) is 4.26. The van der Waals surface area contributed by atoms with E-state index in [0.29, 0.717) is 5.92 Å². The summed E-state index contributed by atoms with van der Waals surface area (Å²) in [6, 6.07) is 27.0. The van der Waals surface area contributed by atoms with Gasteiger partial charge in [0.2, 0.25) is 0 Å². The number of rotatable bonds is 3. The van der Waals surface area contributed by atoms with Crippen LogP contribution < -0.4 is 0 Å². The fraction of sp³-hybridized carbons (Fsp3) is 0.172. The van der Waals surface area contributed by atoms with Crippen LogP contribution in [0.2, 0.25) is 0 Å². The molecule has 0 fully saturated rings. The standard InChI is InChI=1S/C29H25N/c1-18-16-27-19(2)21-12-7-15-30-29(21)17-28(27)20(18)13-14-26-24-10-5-3-8-22(24)23-9-4-6-11-25(23)26/h3-12,15-17,26,30H,13-14H2,1-2H3. The number of aromatic amines is 1. The van der Waals surface area contributed by atoms with Gasteiger partial charge in [-0.1, -0.05) is 60.7 Å². The van der Waals surface area contributed by atoms with Crippen LogP contribution in [-0.2, 0) is 6.42 Å². The zero-order valence-electron chi connectivity index (χ0n) is 17.5. The van der Waals surface area contributed by atoms with E-state index in [4.69, 9.17) is 0 Å². The van der Waals surface area contributed by atoms with Gasteiger partial charge in [0, 0.05) is 23.0 Å². The van der Waals surface area contributed by atoms with E-state index in [0.717, 1.165) is 12.8 Å². The van der Waals surface area contributed by atoms with Crippen molar-refractivity contribution >= 4 is 21.7 Å². The molecule has 1 aromatic heterocycles. The van der Waals surface area contributed by atoms with Crippen LogP contribution in [0.1, 0.15) is 40.2 Å². The van der Waals surface area contributed by atoms with Gasteiger partial charge in [0.15, 0.2) is 0 Å². The van der Waals surface area contributed by atoms with Crippen LogP contribution in [0.5, 0.6) is 0 Å². The monoisotopic (exact) mass is 387 g/mol. The molecule has 1 aliphatic rings. The number of H-pyrrole nitrogens is 1. The smallest absolute Gasteiger partial charge is 0.0462 e. The van der Waals surface area contributed by atoms with Crippen LogP contribution in [-0.4, -0.2) is 4.98 Å². The van der Waals surface area contributed by atoms with E-state index in [1.165, 1.54) is 60.6 Å². The largest absolute Gasteiger partial charge is 0.361 e. The lowest BCUT2D eigenvalue weighted by molar-refractivity contribution is 0.731. The number of nitrogens with one attached hydrogen (secondary N) is 1. The summed E-state index contributed by atoms with van der Waals surface area (Å²) in [4.78, 5) is 3.44. The summed E-state index contributed by atoms with van der Waals surface area (Å²) in [6.45, 7) is 4.53. The van der Waals surface area contributed by atoms with E-state index < -0.39 is 0 Å². The lowest BCUT2D eigenvalue weighted by Gasteiger charge is -2.14. The minimum atomic E-state index is 0.481. The Morgan fingerprint density at radius 3 is 2.17 bits per heavy atom. The summed E-state index contributed by atoms with van der Waals surface area (Å²) in [7, 11) is 0. The van der Waals surface area contributed by atoms with E-state index in [1.807, 2.05) is 6.20 Å². The van der Waals surface area contributed by atoms with Crippen molar-refractivity contribution in [3.63, 3.8) is 0 Å². The number of hydrogen-bond donors (Lipinski definition) is 1. The average molecular weight is 388 g/mol. The molecule has 6 rings (SSSR count). The molecule has 0 saturated carbocycles. The second kappa shape index (κ2) is 6.60. The highest BCUT2D eigenvalue weighted by atomic mass is 14.6. The van der Waals surface area contributed by atoms with Gasteiger partial charge in [-0.15, -0.1) is 0 Å². The maximum Gasteiger partial charge on any atom is 0.0462 e. The number of pyridine rings is 1. The number of benzene rings is 3. The Labute approximate surface area is 177 Å². The maximum absolute atomic E-state index is 3.44. The maximum atomic E-state index is 3.44. The summed E-state index contributed by atoms with van der Waals surface area (Å²) in [5.41, 5.74) is 11.3. The fourth-order valence-electron chi connectivity index (χ4n) is 5.61. The molecule has 1 aliphatic carbocycles. The van der Waals surface area contributed by atoms with Gasteiger partial charge in [-0.25, -0.2) is 0 Å². The van der Waals surface area contributed by atoms with Crippen LogP contribution in [0.25, 0.3) is 32.8 Å². The quantitative estimate of drug-likeness (QED) is 0.327. The van der Waals surface area contributed by atoms with Crippen molar-refractivity contribution in [2.45, 2.75) is 32.6 Å². The van der Waals surface area contributed by atoms with Gasteiger partial charge in [-0.3, -0.25) is 0 Å². The van der Waals surface area contributed by atoms with E-state index in [2.05, 4.69) is 91.6 Å². The average Bonchev–Trinajstić information content (AvgIpc) is 3.27. The van der Waals surface area contributed by atoms with Crippen molar-refractivity contribution in [2.75, 3.05) is 0 Å². The topological polar surface area (TPSA) is 15.8 Å². The molecule has 1 heterocycles. The summed E-state index contributed by atoms with van der Waals surface area (Å²) >= 11 is 0. The van der Waals surface area contributed by atoms with E-state index in [-0.39, 0.29) is 0 Å². The van der Waals surface area contributed by atoms with Crippen molar-refractivity contribution < 1.29 is 0 Å². The Balaban J connectivity index is 1.43. The highest BCUT2D eigenvalue weighted by Crippen LogP contribution is 2.47. The molecular formula is C29H25N. The third-order valence-electron chi connectivity index (χ3n) is 7.08. The van der Waals surface area contributed by atoms with Gasteiger partial charge in [0.25, 0.3) is 0 Å². The van der Waals surface area contributed by atoms with Gasteiger partial charge in [0.05, 0.1) is 0 Å². The number of aromatic nitrogens is 1. The Kier molecular flexibility index (Phi) is 3.86. The molecule has 4 aromatic carbocycles. The molecule has 5 aromatic rings. The first kappa shape index (κ1) is 17.5. The SMILES string of the molecule is Cc1cc2c(C)c3ccc[nH]c3cc2c1CCC1c2ccccc2-c2ccccc21. The molecule has 1 nitrogen and oxygen atoms in total. The van der Waals surface area contributed by atoms with Crippen LogP contribution >= 0.6 is 0 Å². The summed E-state index contributed by atoms with van der Waals surface area (Å²) in [5.74, 6) is 0.481. The Bertz CT molecular complexity index is 1370. The molecule has 146 valence electrons. The zero-order chi connectivity index (χ0) is 20.2.